The van der Waals surface area contributed by atoms with Crippen LogP contribution in [0.5, 0.6) is 0 Å². The fraction of sp³-hybridized carbons (Fsp3) is 0.562. The second-order valence-corrected chi connectivity index (χ2v) is 5.36. The van der Waals surface area contributed by atoms with Crippen LogP contribution in [0.2, 0.25) is 0 Å². The molecule has 1 aromatic carbocycles. The summed E-state index contributed by atoms with van der Waals surface area (Å²) in [6.07, 6.45) is 2.54. The quantitative estimate of drug-likeness (QED) is 0.881. The zero-order valence-corrected chi connectivity index (χ0v) is 12.9. The molecule has 0 saturated heterocycles. The molecule has 20 heavy (non-hydrogen) atoms. The molecular formula is C16H25N3O. The van der Waals surface area contributed by atoms with Gasteiger partial charge in [0.05, 0.1) is 16.6 Å². The van der Waals surface area contributed by atoms with Gasteiger partial charge in [-0.25, -0.2) is 4.98 Å². The fourth-order valence-electron chi connectivity index (χ4n) is 2.98. The van der Waals surface area contributed by atoms with Crippen molar-refractivity contribution in [2.24, 2.45) is 12.8 Å². The zero-order chi connectivity index (χ0) is 14.8. The van der Waals surface area contributed by atoms with E-state index in [2.05, 4.69) is 24.5 Å². The number of para-hydroxylation sites is 2. The first-order valence-electron chi connectivity index (χ1n) is 7.29. The highest BCUT2D eigenvalue weighted by molar-refractivity contribution is 5.75. The van der Waals surface area contributed by atoms with Crippen molar-refractivity contribution >= 4 is 11.0 Å². The number of fused-ring (bicyclic) bond motifs is 1. The Bertz CT molecular complexity index is 564. The van der Waals surface area contributed by atoms with Crippen molar-refractivity contribution in [2.45, 2.75) is 44.8 Å². The molecule has 0 saturated carbocycles. The Morgan fingerprint density at radius 1 is 1.30 bits per heavy atom. The minimum atomic E-state index is -0.266. The second kappa shape index (κ2) is 5.94. The first-order valence-corrected chi connectivity index (χ1v) is 7.29. The van der Waals surface area contributed by atoms with E-state index in [0.29, 0.717) is 0 Å². The lowest BCUT2D eigenvalue weighted by molar-refractivity contribution is -0.0379. The Balaban J connectivity index is 2.29. The lowest BCUT2D eigenvalue weighted by Gasteiger charge is -2.36. The number of imidazole rings is 1. The van der Waals surface area contributed by atoms with Gasteiger partial charge in [-0.2, -0.15) is 0 Å². The van der Waals surface area contributed by atoms with Crippen LogP contribution in [-0.2, 0) is 18.2 Å². The van der Waals surface area contributed by atoms with E-state index in [-0.39, 0.29) is 11.6 Å². The number of nitrogens with zero attached hydrogens (tertiary/aromatic N) is 2. The van der Waals surface area contributed by atoms with E-state index in [1.807, 2.05) is 25.2 Å². The van der Waals surface area contributed by atoms with Crippen molar-refractivity contribution in [3.8, 4) is 0 Å². The molecule has 110 valence electrons. The average Bonchev–Trinajstić information content (AvgIpc) is 2.78. The Morgan fingerprint density at radius 2 is 1.95 bits per heavy atom. The van der Waals surface area contributed by atoms with Gasteiger partial charge in [-0.3, -0.25) is 0 Å². The van der Waals surface area contributed by atoms with E-state index in [9.17, 15) is 0 Å². The smallest absolute Gasteiger partial charge is 0.111 e. The molecule has 0 fully saturated rings. The third-order valence-corrected chi connectivity index (χ3v) is 4.56. The standard InChI is InChI=1S/C16H25N3O/c1-5-16(6-2,20-4)14(17)11-15-18-12-9-7-8-10-13(12)19(15)3/h7-10,14H,5-6,11,17H2,1-4H3. The molecule has 0 aliphatic heterocycles. The molecule has 4 nitrogen and oxygen atoms in total. The van der Waals surface area contributed by atoms with E-state index >= 15 is 0 Å². The predicted molar refractivity (Wildman–Crippen MR) is 82.7 cm³/mol. The molecule has 0 aliphatic rings. The van der Waals surface area contributed by atoms with Crippen LogP contribution in [0.3, 0.4) is 0 Å². The van der Waals surface area contributed by atoms with Gasteiger partial charge in [0.25, 0.3) is 0 Å². The fourth-order valence-corrected chi connectivity index (χ4v) is 2.98. The van der Waals surface area contributed by atoms with E-state index < -0.39 is 0 Å². The first kappa shape index (κ1) is 15.0. The van der Waals surface area contributed by atoms with Crippen LogP contribution in [0, 0.1) is 0 Å². The van der Waals surface area contributed by atoms with Gasteiger partial charge in [-0.1, -0.05) is 26.0 Å². The maximum atomic E-state index is 6.43. The Morgan fingerprint density at radius 3 is 2.50 bits per heavy atom. The monoisotopic (exact) mass is 275 g/mol. The second-order valence-electron chi connectivity index (χ2n) is 5.36. The summed E-state index contributed by atoms with van der Waals surface area (Å²) in [6, 6.07) is 8.11. The summed E-state index contributed by atoms with van der Waals surface area (Å²) in [5.74, 6) is 1.02. The van der Waals surface area contributed by atoms with E-state index in [0.717, 1.165) is 36.1 Å². The van der Waals surface area contributed by atoms with Crippen molar-refractivity contribution in [3.05, 3.63) is 30.1 Å². The molecular weight excluding hydrogens is 250 g/mol. The maximum Gasteiger partial charge on any atom is 0.111 e. The van der Waals surface area contributed by atoms with Gasteiger partial charge in [0.2, 0.25) is 0 Å². The largest absolute Gasteiger partial charge is 0.377 e. The molecule has 1 aromatic heterocycles. The van der Waals surface area contributed by atoms with E-state index in [1.54, 1.807) is 7.11 Å². The molecule has 2 aromatic rings. The van der Waals surface area contributed by atoms with Crippen molar-refractivity contribution in [2.75, 3.05) is 7.11 Å². The number of nitrogens with two attached hydrogens (primary N) is 1. The molecule has 1 unspecified atom stereocenters. The van der Waals surface area contributed by atoms with Gasteiger partial charge in [0, 0.05) is 26.6 Å². The highest BCUT2D eigenvalue weighted by Gasteiger charge is 2.34. The van der Waals surface area contributed by atoms with Gasteiger partial charge in [0.1, 0.15) is 5.82 Å². The zero-order valence-electron chi connectivity index (χ0n) is 12.9. The Labute approximate surface area is 120 Å². The van der Waals surface area contributed by atoms with Gasteiger partial charge in [0.15, 0.2) is 0 Å². The molecule has 1 heterocycles. The number of benzene rings is 1. The molecule has 1 atom stereocenters. The minimum Gasteiger partial charge on any atom is -0.377 e. The molecule has 0 bridgehead atoms. The van der Waals surface area contributed by atoms with Crippen LogP contribution < -0.4 is 5.73 Å². The van der Waals surface area contributed by atoms with Crippen LogP contribution in [-0.4, -0.2) is 28.3 Å². The van der Waals surface area contributed by atoms with Gasteiger partial charge in [-0.15, -0.1) is 0 Å². The molecule has 0 amide bonds. The molecule has 0 aliphatic carbocycles. The van der Waals surface area contributed by atoms with Gasteiger partial charge in [-0.05, 0) is 25.0 Å². The predicted octanol–water partition coefficient (Wildman–Crippen LogP) is 2.65. The Kier molecular flexibility index (Phi) is 4.45. The number of aromatic nitrogens is 2. The summed E-state index contributed by atoms with van der Waals surface area (Å²) in [4.78, 5) is 4.70. The average molecular weight is 275 g/mol. The third-order valence-electron chi connectivity index (χ3n) is 4.56. The summed E-state index contributed by atoms with van der Waals surface area (Å²) in [5, 5.41) is 0. The molecule has 2 N–H and O–H groups in total. The number of ether oxygens (including phenoxy) is 1. The topological polar surface area (TPSA) is 53.1 Å². The van der Waals surface area contributed by atoms with E-state index in [4.69, 9.17) is 15.5 Å². The Hall–Kier alpha value is -1.39. The number of aryl methyl sites for hydroxylation is 1. The first-order chi connectivity index (χ1) is 9.57. The van der Waals surface area contributed by atoms with Crippen LogP contribution in [0.25, 0.3) is 11.0 Å². The number of rotatable bonds is 6. The third kappa shape index (κ3) is 2.45. The van der Waals surface area contributed by atoms with Crippen LogP contribution >= 0.6 is 0 Å². The van der Waals surface area contributed by atoms with E-state index in [1.165, 1.54) is 0 Å². The minimum absolute atomic E-state index is 0.0574. The summed E-state index contributed by atoms with van der Waals surface area (Å²) in [5.41, 5.74) is 8.33. The van der Waals surface area contributed by atoms with Crippen molar-refractivity contribution in [1.82, 2.24) is 9.55 Å². The van der Waals surface area contributed by atoms with Crippen molar-refractivity contribution < 1.29 is 4.74 Å². The number of hydrogen-bond donors (Lipinski definition) is 1. The van der Waals surface area contributed by atoms with Crippen molar-refractivity contribution in [1.29, 1.82) is 0 Å². The molecule has 4 heteroatoms. The summed E-state index contributed by atoms with van der Waals surface area (Å²) in [6.45, 7) is 4.25. The van der Waals surface area contributed by atoms with Gasteiger partial charge >= 0.3 is 0 Å². The molecule has 0 spiro atoms. The highest BCUT2D eigenvalue weighted by Crippen LogP contribution is 2.26. The lowest BCUT2D eigenvalue weighted by Crippen LogP contribution is -2.50. The summed E-state index contributed by atoms with van der Waals surface area (Å²) in [7, 11) is 3.80. The normalized spacial score (nSPS) is 13.8. The highest BCUT2D eigenvalue weighted by atomic mass is 16.5. The van der Waals surface area contributed by atoms with Crippen LogP contribution in [0.15, 0.2) is 24.3 Å². The summed E-state index contributed by atoms with van der Waals surface area (Å²) < 4.78 is 7.85. The SMILES string of the molecule is CCC(CC)(OC)C(N)Cc1nc2ccccc2n1C. The maximum absolute atomic E-state index is 6.43. The molecule has 0 radical (unpaired) electrons. The van der Waals surface area contributed by atoms with Crippen molar-refractivity contribution in [3.63, 3.8) is 0 Å². The summed E-state index contributed by atoms with van der Waals surface area (Å²) >= 11 is 0. The molecule has 2 rings (SSSR count). The lowest BCUT2D eigenvalue weighted by atomic mass is 9.86. The van der Waals surface area contributed by atoms with Crippen LogP contribution in [0.1, 0.15) is 32.5 Å². The van der Waals surface area contributed by atoms with Gasteiger partial charge < -0.3 is 15.0 Å². The van der Waals surface area contributed by atoms with Crippen LogP contribution in [0.4, 0.5) is 0 Å². The number of methoxy groups -OCH3 is 1. The number of hydrogen-bond acceptors (Lipinski definition) is 3.